The zero-order valence-electron chi connectivity index (χ0n) is 6.33. The summed E-state index contributed by atoms with van der Waals surface area (Å²) in [6.07, 6.45) is 0.752. The lowest BCUT2D eigenvalue weighted by molar-refractivity contribution is 0.321. The molecule has 0 aromatic heterocycles. The molecule has 11 heavy (non-hydrogen) atoms. The van der Waals surface area contributed by atoms with Crippen LogP contribution in [0.4, 0.5) is 0 Å². The first kappa shape index (κ1) is 6.73. The molecule has 0 fully saturated rings. The van der Waals surface area contributed by atoms with Crippen molar-refractivity contribution in [2.75, 3.05) is 6.23 Å². The maximum atomic E-state index is 5.61. The van der Waals surface area contributed by atoms with Gasteiger partial charge >= 0.3 is 9.04 Å². The van der Waals surface area contributed by atoms with E-state index in [9.17, 15) is 0 Å². The molecule has 2 rings (SSSR count). The third-order valence-corrected chi connectivity index (χ3v) is 2.68. The molecule has 1 aromatic carbocycles. The Balaban J connectivity index is 2.34. The molecule has 0 spiro atoms. The summed E-state index contributed by atoms with van der Waals surface area (Å²) in [6, 6.07) is 7.80. The summed E-state index contributed by atoms with van der Waals surface area (Å²) >= 11 is 0. The minimum absolute atomic E-state index is 0.727. The number of rotatable bonds is 0. The lowest BCUT2D eigenvalue weighted by Gasteiger charge is -2.21. The van der Waals surface area contributed by atoms with Gasteiger partial charge in [0.2, 0.25) is 0 Å². The van der Waals surface area contributed by atoms with E-state index in [0.717, 1.165) is 17.7 Å². The average Bonchev–Trinajstić information content (AvgIpc) is 2.04. The molecule has 2 nitrogen and oxygen atoms in total. The van der Waals surface area contributed by atoms with Crippen molar-refractivity contribution in [2.45, 2.75) is 6.55 Å². The van der Waals surface area contributed by atoms with Crippen molar-refractivity contribution in [1.29, 1.82) is 0 Å². The minimum Gasteiger partial charge on any atom is -0.536 e. The van der Waals surface area contributed by atoms with Gasteiger partial charge in [0.1, 0.15) is 12.0 Å². The monoisotopic (exact) mass is 165 g/mol. The van der Waals surface area contributed by atoms with E-state index in [2.05, 4.69) is 6.55 Å². The molecule has 1 aromatic rings. The molecule has 0 unspecified atom stereocenters. The summed E-state index contributed by atoms with van der Waals surface area (Å²) in [4.78, 5) is 0. The van der Waals surface area contributed by atoms with Crippen LogP contribution in [0.15, 0.2) is 24.3 Å². The van der Waals surface area contributed by atoms with E-state index in [1.807, 2.05) is 24.3 Å². The fourth-order valence-corrected chi connectivity index (χ4v) is 2.01. The Bertz CT molecular complexity index is 262. The van der Waals surface area contributed by atoms with Crippen LogP contribution in [-0.4, -0.2) is 15.3 Å². The smallest absolute Gasteiger partial charge is 0.316 e. The average molecular weight is 165 g/mol. The van der Waals surface area contributed by atoms with Gasteiger partial charge in [-0.3, -0.25) is 0 Å². The third-order valence-electron chi connectivity index (χ3n) is 1.56. The Hall–Kier alpha value is -0.963. The van der Waals surface area contributed by atoms with Gasteiger partial charge in [-0.15, -0.1) is 0 Å². The van der Waals surface area contributed by atoms with Gasteiger partial charge in [-0.05, 0) is 18.7 Å². The normalized spacial score (nSPS) is 16.5. The SMILES string of the molecule is C[Si]1COc2ccccc2O1. The molecular formula is C8H9O2Si. The molecule has 0 N–H and O–H groups in total. The molecule has 1 heterocycles. The molecule has 3 heteroatoms. The second-order valence-corrected chi connectivity index (χ2v) is 4.44. The molecule has 0 amide bonds. The molecule has 0 aliphatic carbocycles. The zero-order valence-corrected chi connectivity index (χ0v) is 7.33. The van der Waals surface area contributed by atoms with E-state index < -0.39 is 9.04 Å². The fraction of sp³-hybridized carbons (Fsp3) is 0.250. The Morgan fingerprint density at radius 2 is 2.00 bits per heavy atom. The maximum Gasteiger partial charge on any atom is 0.316 e. The summed E-state index contributed by atoms with van der Waals surface area (Å²) < 4.78 is 11.1. The minimum atomic E-state index is -0.727. The predicted octanol–water partition coefficient (Wildman–Crippen LogP) is 1.62. The van der Waals surface area contributed by atoms with Crippen molar-refractivity contribution in [3.63, 3.8) is 0 Å². The van der Waals surface area contributed by atoms with Crippen molar-refractivity contribution < 1.29 is 9.16 Å². The van der Waals surface area contributed by atoms with Crippen LogP contribution < -0.4 is 9.16 Å². The topological polar surface area (TPSA) is 18.5 Å². The highest BCUT2D eigenvalue weighted by molar-refractivity contribution is 6.51. The van der Waals surface area contributed by atoms with Gasteiger partial charge < -0.3 is 9.16 Å². The molecule has 0 atom stereocenters. The number of benzene rings is 1. The summed E-state index contributed by atoms with van der Waals surface area (Å²) in [5.41, 5.74) is 0. The van der Waals surface area contributed by atoms with E-state index in [-0.39, 0.29) is 0 Å². The first-order valence-electron chi connectivity index (χ1n) is 3.58. The summed E-state index contributed by atoms with van der Waals surface area (Å²) in [6.45, 7) is 2.10. The molecule has 0 saturated carbocycles. The Morgan fingerprint density at radius 3 is 2.82 bits per heavy atom. The quantitative estimate of drug-likeness (QED) is 0.544. The van der Waals surface area contributed by atoms with Crippen LogP contribution in [0.3, 0.4) is 0 Å². The zero-order chi connectivity index (χ0) is 7.68. The van der Waals surface area contributed by atoms with E-state index >= 15 is 0 Å². The largest absolute Gasteiger partial charge is 0.536 e. The molecule has 0 saturated heterocycles. The van der Waals surface area contributed by atoms with Crippen molar-refractivity contribution in [2.24, 2.45) is 0 Å². The van der Waals surface area contributed by atoms with Gasteiger partial charge in [0.15, 0.2) is 5.75 Å². The number of para-hydroxylation sites is 2. The van der Waals surface area contributed by atoms with Crippen LogP contribution >= 0.6 is 0 Å². The van der Waals surface area contributed by atoms with Crippen molar-refractivity contribution in [3.05, 3.63) is 24.3 Å². The lowest BCUT2D eigenvalue weighted by atomic mass is 10.3. The van der Waals surface area contributed by atoms with Crippen LogP contribution in [-0.2, 0) is 0 Å². The van der Waals surface area contributed by atoms with E-state index in [0.29, 0.717) is 0 Å². The Labute approximate surface area is 67.5 Å². The molecule has 0 bridgehead atoms. The van der Waals surface area contributed by atoms with Gasteiger partial charge in [-0.2, -0.15) is 0 Å². The highest BCUT2D eigenvalue weighted by atomic mass is 28.3. The van der Waals surface area contributed by atoms with Crippen molar-refractivity contribution in [3.8, 4) is 11.5 Å². The molecule has 1 radical (unpaired) electrons. The third kappa shape index (κ3) is 1.23. The van der Waals surface area contributed by atoms with E-state index in [1.165, 1.54) is 0 Å². The second-order valence-electron chi connectivity index (χ2n) is 2.54. The van der Waals surface area contributed by atoms with Gasteiger partial charge in [0, 0.05) is 0 Å². The van der Waals surface area contributed by atoms with Gasteiger partial charge in [0.05, 0.1) is 0 Å². The first-order valence-corrected chi connectivity index (χ1v) is 5.70. The fourth-order valence-electron chi connectivity index (χ4n) is 1.05. The van der Waals surface area contributed by atoms with E-state index in [1.54, 1.807) is 0 Å². The van der Waals surface area contributed by atoms with Crippen LogP contribution in [0.1, 0.15) is 0 Å². The van der Waals surface area contributed by atoms with Gasteiger partial charge in [0.25, 0.3) is 0 Å². The highest BCUT2D eigenvalue weighted by Crippen LogP contribution is 2.29. The van der Waals surface area contributed by atoms with Crippen molar-refractivity contribution >= 4 is 9.04 Å². The number of hydrogen-bond donors (Lipinski definition) is 0. The predicted molar refractivity (Wildman–Crippen MR) is 44.2 cm³/mol. The van der Waals surface area contributed by atoms with Crippen molar-refractivity contribution in [1.82, 2.24) is 0 Å². The number of hydrogen-bond acceptors (Lipinski definition) is 2. The first-order chi connectivity index (χ1) is 5.36. The second kappa shape index (κ2) is 2.58. The molecule has 57 valence electrons. The highest BCUT2D eigenvalue weighted by Gasteiger charge is 2.18. The Kier molecular flexibility index (Phi) is 1.58. The lowest BCUT2D eigenvalue weighted by Crippen LogP contribution is -2.30. The molecule has 1 aliphatic heterocycles. The summed E-state index contributed by atoms with van der Waals surface area (Å²) in [7, 11) is -0.727. The number of ether oxygens (including phenoxy) is 1. The standard InChI is InChI=1S/C8H9O2Si/c1-11-6-9-7-4-2-3-5-8(7)10-11/h2-5H,6H2,1H3. The summed E-state index contributed by atoms with van der Waals surface area (Å²) in [5, 5.41) is 0. The van der Waals surface area contributed by atoms with Gasteiger partial charge in [-0.1, -0.05) is 12.1 Å². The van der Waals surface area contributed by atoms with Crippen LogP contribution in [0.5, 0.6) is 11.5 Å². The van der Waals surface area contributed by atoms with E-state index in [4.69, 9.17) is 9.16 Å². The van der Waals surface area contributed by atoms with Crippen LogP contribution in [0, 0.1) is 0 Å². The molecular weight excluding hydrogens is 156 g/mol. The maximum absolute atomic E-state index is 5.61. The molecule has 1 aliphatic rings. The van der Waals surface area contributed by atoms with Crippen LogP contribution in [0.25, 0.3) is 0 Å². The summed E-state index contributed by atoms with van der Waals surface area (Å²) in [5.74, 6) is 1.78. The van der Waals surface area contributed by atoms with Crippen LogP contribution in [0.2, 0.25) is 6.55 Å². The van der Waals surface area contributed by atoms with Gasteiger partial charge in [-0.25, -0.2) is 0 Å². The number of fused-ring (bicyclic) bond motifs is 1. The Morgan fingerprint density at radius 1 is 1.27 bits per heavy atom.